The summed E-state index contributed by atoms with van der Waals surface area (Å²) < 4.78 is 79.3. The third-order valence-electron chi connectivity index (χ3n) is 7.89. The Labute approximate surface area is 263 Å². The van der Waals surface area contributed by atoms with Crippen LogP contribution in [0.15, 0.2) is 36.7 Å². The predicted molar refractivity (Wildman–Crippen MR) is 158 cm³/mol. The van der Waals surface area contributed by atoms with Crippen molar-refractivity contribution in [2.24, 2.45) is 5.92 Å². The highest BCUT2D eigenvalue weighted by Gasteiger charge is 2.43. The second-order valence-electron chi connectivity index (χ2n) is 12.8. The maximum Gasteiger partial charge on any atom is 0.433 e. The number of aliphatic carboxylic acids is 1. The molecule has 2 heterocycles. The van der Waals surface area contributed by atoms with Crippen molar-refractivity contribution in [1.29, 1.82) is 0 Å². The molecule has 16 heteroatoms. The molecule has 1 amide bonds. The molecule has 1 unspecified atom stereocenters. The van der Waals surface area contributed by atoms with Gasteiger partial charge in [-0.25, -0.2) is 13.5 Å². The van der Waals surface area contributed by atoms with E-state index in [0.29, 0.717) is 17.4 Å². The summed E-state index contributed by atoms with van der Waals surface area (Å²) >= 11 is 0. The minimum Gasteiger partial charge on any atom is -0.481 e. The molecule has 1 fully saturated rings. The molecule has 0 aliphatic heterocycles. The van der Waals surface area contributed by atoms with Crippen LogP contribution in [0.1, 0.15) is 65.1 Å². The maximum atomic E-state index is 14.5. The number of aliphatic hydroxyl groups is 1. The molecule has 2 N–H and O–H groups in total. The summed E-state index contributed by atoms with van der Waals surface area (Å²) in [4.78, 5) is 26.0. The van der Waals surface area contributed by atoms with Gasteiger partial charge in [0, 0.05) is 33.5 Å². The lowest BCUT2D eigenvalue weighted by molar-refractivity contribution is -0.147. The average Bonchev–Trinajstić information content (AvgIpc) is 3.62. The van der Waals surface area contributed by atoms with Crippen molar-refractivity contribution in [1.82, 2.24) is 24.5 Å². The molecule has 0 radical (unpaired) electrons. The molecule has 2 aromatic heterocycles. The van der Waals surface area contributed by atoms with Crippen LogP contribution in [-0.2, 0) is 29.0 Å². The molecular formula is C30H38F5N5O5Si. The van der Waals surface area contributed by atoms with Crippen LogP contribution in [0, 0.1) is 17.6 Å². The molecule has 1 aromatic carbocycles. The van der Waals surface area contributed by atoms with E-state index in [1.807, 2.05) is 0 Å². The molecule has 0 bridgehead atoms. The van der Waals surface area contributed by atoms with Gasteiger partial charge in [0.2, 0.25) is 0 Å². The fraction of sp³-hybridized carbons (Fsp3) is 0.533. The average molecular weight is 672 g/mol. The second kappa shape index (κ2) is 14.4. The Kier molecular flexibility index (Phi) is 11.0. The first-order valence-corrected chi connectivity index (χ1v) is 18.6. The van der Waals surface area contributed by atoms with Gasteiger partial charge in [-0.15, -0.1) is 0 Å². The Morgan fingerprint density at radius 1 is 1.11 bits per heavy atom. The van der Waals surface area contributed by atoms with Crippen LogP contribution in [0.3, 0.4) is 0 Å². The van der Waals surface area contributed by atoms with E-state index in [1.165, 1.54) is 10.7 Å². The summed E-state index contributed by atoms with van der Waals surface area (Å²) in [6.45, 7) is 6.16. The van der Waals surface area contributed by atoms with Crippen molar-refractivity contribution >= 4 is 20.0 Å². The summed E-state index contributed by atoms with van der Waals surface area (Å²) in [5, 5.41) is 28.5. The monoisotopic (exact) mass is 671 g/mol. The van der Waals surface area contributed by atoms with E-state index in [9.17, 15) is 41.8 Å². The minimum atomic E-state index is -5.02. The van der Waals surface area contributed by atoms with Gasteiger partial charge in [-0.2, -0.15) is 23.4 Å². The van der Waals surface area contributed by atoms with Gasteiger partial charge in [0.25, 0.3) is 5.91 Å². The number of hydrogen-bond donors (Lipinski definition) is 2. The van der Waals surface area contributed by atoms with Crippen LogP contribution >= 0.6 is 0 Å². The number of carboxylic acids is 1. The molecule has 1 saturated carbocycles. The van der Waals surface area contributed by atoms with Crippen LogP contribution in [-0.4, -0.2) is 67.8 Å². The molecule has 3 aromatic rings. The van der Waals surface area contributed by atoms with Crippen LogP contribution < -0.4 is 0 Å². The third-order valence-corrected chi connectivity index (χ3v) is 9.59. The Morgan fingerprint density at radius 3 is 2.35 bits per heavy atom. The largest absolute Gasteiger partial charge is 0.481 e. The van der Waals surface area contributed by atoms with E-state index in [0.717, 1.165) is 29.3 Å². The van der Waals surface area contributed by atoms with Gasteiger partial charge in [-0.1, -0.05) is 19.6 Å². The predicted octanol–water partition coefficient (Wildman–Crippen LogP) is 5.88. The quantitative estimate of drug-likeness (QED) is 0.132. The van der Waals surface area contributed by atoms with E-state index in [1.54, 1.807) is 6.20 Å². The first-order chi connectivity index (χ1) is 21.5. The van der Waals surface area contributed by atoms with Crippen molar-refractivity contribution in [2.75, 3.05) is 13.2 Å². The number of alkyl halides is 3. The number of halogens is 5. The molecule has 1 aliphatic carbocycles. The number of aliphatic hydroxyl groups excluding tert-OH is 1. The molecule has 0 saturated heterocycles. The number of hydrogen-bond acceptors (Lipinski definition) is 6. The number of ether oxygens (including phenoxy) is 1. The van der Waals surface area contributed by atoms with Crippen LogP contribution in [0.4, 0.5) is 22.0 Å². The zero-order valence-corrected chi connectivity index (χ0v) is 26.8. The van der Waals surface area contributed by atoms with Gasteiger partial charge in [0.15, 0.2) is 5.69 Å². The zero-order valence-electron chi connectivity index (χ0n) is 25.8. The zero-order chi connectivity index (χ0) is 33.8. The lowest BCUT2D eigenvalue weighted by atomic mass is 9.86. The van der Waals surface area contributed by atoms with Gasteiger partial charge in [0.05, 0.1) is 36.0 Å². The molecule has 10 nitrogen and oxygen atoms in total. The second-order valence-corrected chi connectivity index (χ2v) is 18.4. The molecule has 1 atom stereocenters. The highest BCUT2D eigenvalue weighted by atomic mass is 28.3. The highest BCUT2D eigenvalue weighted by molar-refractivity contribution is 6.76. The summed E-state index contributed by atoms with van der Waals surface area (Å²) in [5.74, 6) is -4.76. The Hall–Kier alpha value is -3.63. The van der Waals surface area contributed by atoms with E-state index in [4.69, 9.17) is 4.74 Å². The molecule has 46 heavy (non-hydrogen) atoms. The first-order valence-electron chi connectivity index (χ1n) is 14.9. The van der Waals surface area contributed by atoms with Gasteiger partial charge < -0.3 is 19.8 Å². The molecular weight excluding hydrogens is 633 g/mol. The topological polar surface area (TPSA) is 123 Å². The number of rotatable bonds is 13. The standard InChI is InChI=1S/C30H38F5N5O5Si/c1-46(2,3)11-10-45-18-39-9-8-25(37-39)26(41)17-38(16-19-12-21(31)14-22(32)13-19)28(42)24-15-36-40(27(24)30(33,34)35)23-6-4-20(5-7-23)29(43)44/h8-9,12-15,20,23,26,41H,4-7,10-11,16-18H2,1-3H3,(H,43,44)/t20-,23-,26?. The normalized spacial score (nSPS) is 18.0. The van der Waals surface area contributed by atoms with Crippen LogP contribution in [0.25, 0.3) is 0 Å². The fourth-order valence-corrected chi connectivity index (χ4v) is 6.18. The number of carbonyl (C=O) groups is 2. The third kappa shape index (κ3) is 9.22. The van der Waals surface area contributed by atoms with Crippen molar-refractivity contribution in [2.45, 2.75) is 83.0 Å². The van der Waals surface area contributed by atoms with Gasteiger partial charge in [0.1, 0.15) is 24.5 Å². The Balaban J connectivity index is 1.59. The van der Waals surface area contributed by atoms with Gasteiger partial charge >= 0.3 is 12.1 Å². The highest BCUT2D eigenvalue weighted by Crippen LogP contribution is 2.39. The lowest BCUT2D eigenvalue weighted by Crippen LogP contribution is -2.36. The summed E-state index contributed by atoms with van der Waals surface area (Å²) in [6.07, 6.45) is -3.62. The summed E-state index contributed by atoms with van der Waals surface area (Å²) in [7, 11) is -1.31. The van der Waals surface area contributed by atoms with E-state index in [2.05, 4.69) is 29.8 Å². The van der Waals surface area contributed by atoms with Crippen molar-refractivity contribution in [3.63, 3.8) is 0 Å². The van der Waals surface area contributed by atoms with E-state index < -0.39 is 80.2 Å². The summed E-state index contributed by atoms with van der Waals surface area (Å²) in [5.41, 5.74) is -2.06. The van der Waals surface area contributed by atoms with Crippen molar-refractivity contribution in [3.05, 3.63) is 70.8 Å². The smallest absolute Gasteiger partial charge is 0.433 e. The Bertz CT molecular complexity index is 1490. The van der Waals surface area contributed by atoms with E-state index in [-0.39, 0.29) is 43.7 Å². The minimum absolute atomic E-state index is 0.0488. The van der Waals surface area contributed by atoms with Crippen molar-refractivity contribution < 1.29 is 46.5 Å². The Morgan fingerprint density at radius 2 is 1.76 bits per heavy atom. The lowest BCUT2D eigenvalue weighted by Gasteiger charge is -2.29. The van der Waals surface area contributed by atoms with Crippen molar-refractivity contribution in [3.8, 4) is 0 Å². The molecule has 4 rings (SSSR count). The summed E-state index contributed by atoms with van der Waals surface area (Å²) in [6, 6.07) is 4.12. The SMILES string of the molecule is C[Si](C)(C)CCOCn1ccc(C(O)CN(Cc2cc(F)cc(F)c2)C(=O)c2cnn([C@H]3CC[C@H](C(=O)O)CC3)c2C(F)(F)F)n1. The fourth-order valence-electron chi connectivity index (χ4n) is 5.42. The van der Waals surface area contributed by atoms with Gasteiger partial charge in [-0.05, 0) is 55.5 Å². The number of benzene rings is 1. The van der Waals surface area contributed by atoms with E-state index >= 15 is 0 Å². The molecule has 252 valence electrons. The maximum absolute atomic E-state index is 14.5. The number of nitrogens with zero attached hydrogens (tertiary/aromatic N) is 5. The molecule has 1 aliphatic rings. The molecule has 0 spiro atoms. The van der Waals surface area contributed by atoms with Gasteiger partial charge in [-0.3, -0.25) is 14.3 Å². The van der Waals surface area contributed by atoms with Crippen LogP contribution in [0.2, 0.25) is 25.7 Å². The number of amides is 1. The number of carbonyl (C=O) groups excluding carboxylic acids is 1. The first kappa shape index (κ1) is 35.2. The number of aromatic nitrogens is 4. The van der Waals surface area contributed by atoms with Crippen LogP contribution in [0.5, 0.6) is 0 Å². The number of carboxylic acid groups (broad SMARTS) is 1.